The molecule has 2 aromatic carbocycles. The molecule has 53 heavy (non-hydrogen) atoms. The van der Waals surface area contributed by atoms with Crippen LogP contribution in [0.3, 0.4) is 0 Å². The fraction of sp³-hybridized carbons (Fsp3) is 0.471. The summed E-state index contributed by atoms with van der Waals surface area (Å²) < 4.78 is 129. The van der Waals surface area contributed by atoms with Crippen LogP contribution in [-0.2, 0) is 34.5 Å². The van der Waals surface area contributed by atoms with E-state index in [-0.39, 0.29) is 109 Å². The molecule has 5 rings (SSSR count). The standard InChI is InChI=1S/C34H34F9N5O4.Na/c1-3-23-16-25(24-15-20(32(35,36)37)5-6-27(24)48(23)31(51)52-4-2)45-30-44-17-28(47-9-7-19(8-10-47)29(49)50)26(46-30)13-18-11-21(33(38,39)40)14-22(12-18)34(41,42)43;/h5-6,11-12,14-15,17,19,23,25H,3-4,7-10,13,16H2,1-2H3,(H,49,50)(H,44,45,46);/q;+1/p-1/t23-,25+;/m1./s1. The van der Waals surface area contributed by atoms with Gasteiger partial charge in [0.2, 0.25) is 5.95 Å². The van der Waals surface area contributed by atoms with Gasteiger partial charge in [-0.25, -0.2) is 14.8 Å². The number of amides is 1. The number of anilines is 3. The Morgan fingerprint density at radius 2 is 1.49 bits per heavy atom. The number of alkyl halides is 9. The molecule has 0 bridgehead atoms. The van der Waals surface area contributed by atoms with E-state index >= 15 is 0 Å². The summed E-state index contributed by atoms with van der Waals surface area (Å²) in [5.74, 6) is -2.22. The van der Waals surface area contributed by atoms with E-state index in [4.69, 9.17) is 4.74 Å². The summed E-state index contributed by atoms with van der Waals surface area (Å²) in [6.45, 7) is 3.62. The Hall–Kier alpha value is -3.77. The van der Waals surface area contributed by atoms with Crippen LogP contribution in [-0.4, -0.2) is 47.8 Å². The molecule has 1 saturated heterocycles. The van der Waals surface area contributed by atoms with Gasteiger partial charge in [-0.2, -0.15) is 39.5 Å². The van der Waals surface area contributed by atoms with Gasteiger partial charge in [0.1, 0.15) is 0 Å². The van der Waals surface area contributed by atoms with Gasteiger partial charge in [0, 0.05) is 37.4 Å². The number of fused-ring (bicyclic) bond motifs is 1. The van der Waals surface area contributed by atoms with Gasteiger partial charge in [0.25, 0.3) is 0 Å². The molecule has 3 aromatic rings. The van der Waals surface area contributed by atoms with E-state index in [1.807, 2.05) is 0 Å². The topological polar surface area (TPSA) is 111 Å². The van der Waals surface area contributed by atoms with Crippen molar-refractivity contribution in [2.45, 2.75) is 76.6 Å². The smallest absolute Gasteiger partial charge is 0.550 e. The van der Waals surface area contributed by atoms with Crippen LogP contribution < -0.4 is 49.8 Å². The molecule has 9 nitrogen and oxygen atoms in total. The summed E-state index contributed by atoms with van der Waals surface area (Å²) in [6.07, 6.45) is -14.3. The van der Waals surface area contributed by atoms with E-state index in [0.717, 1.165) is 18.2 Å². The summed E-state index contributed by atoms with van der Waals surface area (Å²) in [7, 11) is 0. The van der Waals surface area contributed by atoms with Crippen molar-refractivity contribution in [1.29, 1.82) is 0 Å². The Morgan fingerprint density at radius 1 is 0.887 bits per heavy atom. The predicted octanol–water partition coefficient (Wildman–Crippen LogP) is 4.39. The van der Waals surface area contributed by atoms with Crippen LogP contribution in [0, 0.1) is 5.92 Å². The number of carboxylic acid groups (broad SMARTS) is 1. The number of carboxylic acids is 1. The molecule has 2 aliphatic rings. The Balaban J connectivity index is 0.00000627. The van der Waals surface area contributed by atoms with Gasteiger partial charge in [-0.05, 0) is 80.1 Å². The predicted molar refractivity (Wildman–Crippen MR) is 167 cm³/mol. The van der Waals surface area contributed by atoms with Gasteiger partial charge in [-0.3, -0.25) is 4.90 Å². The monoisotopic (exact) mass is 769 g/mol. The second-order valence-electron chi connectivity index (χ2n) is 12.5. The van der Waals surface area contributed by atoms with Crippen molar-refractivity contribution in [3.8, 4) is 0 Å². The number of carbonyl (C=O) groups is 2. The minimum atomic E-state index is -5.11. The molecule has 1 aromatic heterocycles. The Bertz CT molecular complexity index is 1770. The summed E-state index contributed by atoms with van der Waals surface area (Å²) >= 11 is 0. The molecule has 2 atom stereocenters. The first-order valence-electron chi connectivity index (χ1n) is 16.3. The van der Waals surface area contributed by atoms with Crippen molar-refractivity contribution in [3.63, 3.8) is 0 Å². The number of hydrogen-bond acceptors (Lipinski definition) is 8. The molecule has 2 aliphatic heterocycles. The third kappa shape index (κ3) is 9.67. The zero-order chi connectivity index (χ0) is 38.2. The molecule has 282 valence electrons. The second kappa shape index (κ2) is 16.3. The van der Waals surface area contributed by atoms with E-state index in [1.54, 1.807) is 18.7 Å². The van der Waals surface area contributed by atoms with Gasteiger partial charge < -0.3 is 24.9 Å². The van der Waals surface area contributed by atoms with Gasteiger partial charge in [0.05, 0.1) is 52.6 Å². The Morgan fingerprint density at radius 3 is 2.02 bits per heavy atom. The number of rotatable bonds is 8. The average Bonchev–Trinajstić information content (AvgIpc) is 3.06. The molecular weight excluding hydrogens is 736 g/mol. The zero-order valence-corrected chi connectivity index (χ0v) is 30.8. The van der Waals surface area contributed by atoms with Crippen LogP contribution in [0.5, 0.6) is 0 Å². The van der Waals surface area contributed by atoms with E-state index in [9.17, 15) is 54.2 Å². The number of aromatic nitrogens is 2. The number of aliphatic carboxylic acids is 1. The number of ether oxygens (including phenoxy) is 1. The molecule has 19 heteroatoms. The number of benzene rings is 2. The third-order valence-electron chi connectivity index (χ3n) is 9.14. The van der Waals surface area contributed by atoms with Crippen molar-refractivity contribution < 1.29 is 88.5 Å². The Kier molecular flexibility index (Phi) is 12.9. The largest absolute Gasteiger partial charge is 1.00 e. The van der Waals surface area contributed by atoms with Crippen LogP contribution in [0.15, 0.2) is 42.6 Å². The molecule has 0 radical (unpaired) electrons. The minimum Gasteiger partial charge on any atom is -0.550 e. The van der Waals surface area contributed by atoms with Crippen LogP contribution in [0.4, 0.5) is 61.6 Å². The van der Waals surface area contributed by atoms with E-state index < -0.39 is 71.7 Å². The fourth-order valence-corrected chi connectivity index (χ4v) is 6.56. The number of piperidine rings is 1. The molecule has 1 fully saturated rings. The molecule has 0 saturated carbocycles. The van der Waals surface area contributed by atoms with Crippen LogP contribution in [0.1, 0.15) is 79.1 Å². The Labute approximate surface area is 320 Å². The van der Waals surface area contributed by atoms with Crippen LogP contribution >= 0.6 is 0 Å². The molecule has 0 spiro atoms. The molecule has 1 amide bonds. The van der Waals surface area contributed by atoms with Gasteiger partial charge in [0.15, 0.2) is 0 Å². The van der Waals surface area contributed by atoms with Crippen molar-refractivity contribution >= 4 is 29.4 Å². The quantitative estimate of drug-likeness (QED) is 0.266. The number of carbonyl (C=O) groups excluding carboxylic acids is 2. The minimum absolute atomic E-state index is 0. The third-order valence-corrected chi connectivity index (χ3v) is 9.14. The number of nitrogens with zero attached hydrogens (tertiary/aromatic N) is 4. The van der Waals surface area contributed by atoms with Gasteiger partial charge >= 0.3 is 54.2 Å². The van der Waals surface area contributed by atoms with Gasteiger partial charge in [-0.1, -0.05) is 6.92 Å². The fourth-order valence-electron chi connectivity index (χ4n) is 6.56. The summed E-state index contributed by atoms with van der Waals surface area (Å²) in [5.41, 5.74) is -4.05. The maximum atomic E-state index is 13.9. The molecular formula is C34H33F9N5NaO4. The molecule has 0 aliphatic carbocycles. The molecule has 1 N–H and O–H groups in total. The van der Waals surface area contributed by atoms with Crippen molar-refractivity contribution in [2.24, 2.45) is 5.92 Å². The zero-order valence-electron chi connectivity index (χ0n) is 28.8. The van der Waals surface area contributed by atoms with Crippen LogP contribution in [0.2, 0.25) is 0 Å². The first kappa shape index (κ1) is 42.0. The summed E-state index contributed by atoms with van der Waals surface area (Å²) in [6, 6.07) is 2.52. The maximum Gasteiger partial charge on any atom is 1.00 e. The summed E-state index contributed by atoms with van der Waals surface area (Å²) in [5, 5.41) is 14.4. The number of hydrogen-bond donors (Lipinski definition) is 1. The molecule has 3 heterocycles. The summed E-state index contributed by atoms with van der Waals surface area (Å²) in [4.78, 5) is 36.1. The van der Waals surface area contributed by atoms with Crippen molar-refractivity contribution in [1.82, 2.24) is 9.97 Å². The SMILES string of the molecule is CCOC(=O)N1c2ccc(C(F)(F)F)cc2[C@@H](Nc2ncc(N3CCC(C(=O)[O-])CC3)c(Cc3cc(C(F)(F)F)cc(C(F)(F)F)c3)n2)C[C@H]1CC.[Na+]. The normalized spacial score (nSPS) is 18.2. The number of nitrogens with one attached hydrogen (secondary N) is 1. The first-order chi connectivity index (χ1) is 24.3. The average molecular weight is 770 g/mol. The first-order valence-corrected chi connectivity index (χ1v) is 16.3. The van der Waals surface area contributed by atoms with Crippen molar-refractivity contribution in [2.75, 3.05) is 34.8 Å². The van der Waals surface area contributed by atoms with E-state index in [1.165, 1.54) is 11.1 Å². The second-order valence-corrected chi connectivity index (χ2v) is 12.5. The molecule has 0 unspecified atom stereocenters. The number of halogens is 9. The van der Waals surface area contributed by atoms with Crippen LogP contribution in [0.25, 0.3) is 0 Å². The van der Waals surface area contributed by atoms with Gasteiger partial charge in [-0.15, -0.1) is 0 Å². The maximum absolute atomic E-state index is 13.9. The van der Waals surface area contributed by atoms with E-state index in [2.05, 4.69) is 15.3 Å². The van der Waals surface area contributed by atoms with Crippen molar-refractivity contribution in [3.05, 3.63) is 76.1 Å². The van der Waals surface area contributed by atoms with E-state index in [0.29, 0.717) is 18.6 Å².